The Bertz CT molecular complexity index is 515. The normalized spacial score (nSPS) is 14.3. The highest BCUT2D eigenvalue weighted by atomic mass is 32.2. The lowest BCUT2D eigenvalue weighted by Crippen LogP contribution is -2.17. The van der Waals surface area contributed by atoms with Gasteiger partial charge in [-0.25, -0.2) is 0 Å². The summed E-state index contributed by atoms with van der Waals surface area (Å²) in [6, 6.07) is 5.17. The summed E-state index contributed by atoms with van der Waals surface area (Å²) in [6.07, 6.45) is 2.24. The Hall–Kier alpha value is -1.76. The third kappa shape index (κ3) is 3.41. The molecule has 1 heterocycles. The van der Waals surface area contributed by atoms with Crippen molar-refractivity contribution >= 4 is 29.1 Å². The maximum atomic E-state index is 11.2. The zero-order chi connectivity index (χ0) is 14.5. The van der Waals surface area contributed by atoms with Crippen molar-refractivity contribution in [3.8, 4) is 0 Å². The molecular formula is C13H16N2O4S. The van der Waals surface area contributed by atoms with Crippen molar-refractivity contribution in [1.29, 1.82) is 0 Å². The number of carbonyl (C=O) groups is 1. The van der Waals surface area contributed by atoms with Gasteiger partial charge in [0.1, 0.15) is 0 Å². The minimum absolute atomic E-state index is 0.0447. The molecule has 0 saturated carbocycles. The van der Waals surface area contributed by atoms with Gasteiger partial charge in [-0.05, 0) is 25.0 Å². The summed E-state index contributed by atoms with van der Waals surface area (Å²) in [5.41, 5.74) is 0.917. The van der Waals surface area contributed by atoms with Crippen molar-refractivity contribution < 1.29 is 14.5 Å². The van der Waals surface area contributed by atoms with Crippen LogP contribution in [0.4, 0.5) is 11.4 Å². The zero-order valence-corrected chi connectivity index (χ0v) is 12.0. The van der Waals surface area contributed by atoms with Crippen LogP contribution in [0, 0.1) is 10.1 Å². The standard InChI is InChI=1S/C13H16N2O4S/c1-19-13(16)9-20-12-5-4-10(8-11(12)15(17)18)14-6-2-3-7-14/h4-5,8H,2-3,6-7,9H2,1H3. The van der Waals surface area contributed by atoms with Gasteiger partial charge in [0.2, 0.25) is 0 Å². The van der Waals surface area contributed by atoms with Crippen molar-refractivity contribution in [2.24, 2.45) is 0 Å². The van der Waals surface area contributed by atoms with Crippen molar-refractivity contribution in [3.05, 3.63) is 28.3 Å². The van der Waals surface area contributed by atoms with E-state index in [4.69, 9.17) is 0 Å². The van der Waals surface area contributed by atoms with Crippen LogP contribution in [0.15, 0.2) is 23.1 Å². The van der Waals surface area contributed by atoms with E-state index in [0.717, 1.165) is 43.4 Å². The van der Waals surface area contributed by atoms with Gasteiger partial charge in [-0.15, -0.1) is 11.8 Å². The van der Waals surface area contributed by atoms with Gasteiger partial charge in [0.25, 0.3) is 5.69 Å². The topological polar surface area (TPSA) is 72.7 Å². The Kier molecular flexibility index (Phi) is 4.84. The Morgan fingerprint density at radius 2 is 2.15 bits per heavy atom. The quantitative estimate of drug-likeness (QED) is 0.360. The van der Waals surface area contributed by atoms with Crippen molar-refractivity contribution in [1.82, 2.24) is 0 Å². The van der Waals surface area contributed by atoms with E-state index in [1.54, 1.807) is 12.1 Å². The van der Waals surface area contributed by atoms with Crippen LogP contribution in [0.1, 0.15) is 12.8 Å². The molecule has 0 N–H and O–H groups in total. The Morgan fingerprint density at radius 1 is 1.45 bits per heavy atom. The molecule has 0 spiro atoms. The van der Waals surface area contributed by atoms with Gasteiger partial charge in [0.15, 0.2) is 0 Å². The fraction of sp³-hybridized carbons (Fsp3) is 0.462. The SMILES string of the molecule is COC(=O)CSc1ccc(N2CCCC2)cc1[N+](=O)[O-]. The maximum absolute atomic E-state index is 11.2. The van der Waals surface area contributed by atoms with Gasteiger partial charge in [-0.1, -0.05) is 0 Å². The third-order valence-corrected chi connectivity index (χ3v) is 4.22. The molecular weight excluding hydrogens is 280 g/mol. The monoisotopic (exact) mass is 296 g/mol. The lowest BCUT2D eigenvalue weighted by Gasteiger charge is -2.17. The second-order valence-electron chi connectivity index (χ2n) is 4.47. The molecule has 1 aromatic carbocycles. The molecule has 7 heteroatoms. The Balaban J connectivity index is 2.19. The fourth-order valence-electron chi connectivity index (χ4n) is 2.14. The number of benzene rings is 1. The molecule has 1 aliphatic rings. The molecule has 6 nitrogen and oxygen atoms in total. The molecule has 0 radical (unpaired) electrons. The number of carbonyl (C=O) groups excluding carboxylic acids is 1. The van der Waals surface area contributed by atoms with Gasteiger partial charge in [0.05, 0.1) is 22.7 Å². The fourth-order valence-corrected chi connectivity index (χ4v) is 2.97. The minimum atomic E-state index is -0.404. The predicted molar refractivity (Wildman–Crippen MR) is 77.3 cm³/mol. The van der Waals surface area contributed by atoms with Crippen LogP contribution in [0.25, 0.3) is 0 Å². The molecule has 0 amide bonds. The number of thioether (sulfide) groups is 1. The number of esters is 1. The Labute approximate surface area is 121 Å². The summed E-state index contributed by atoms with van der Waals surface area (Å²) in [4.78, 5) is 24.5. The molecule has 1 saturated heterocycles. The summed E-state index contributed by atoms with van der Waals surface area (Å²) in [6.45, 7) is 1.87. The summed E-state index contributed by atoms with van der Waals surface area (Å²) < 4.78 is 4.54. The van der Waals surface area contributed by atoms with Crippen LogP contribution in [-0.4, -0.2) is 36.8 Å². The molecule has 20 heavy (non-hydrogen) atoms. The minimum Gasteiger partial charge on any atom is -0.468 e. The summed E-state index contributed by atoms with van der Waals surface area (Å²) in [5, 5.41) is 11.2. The third-order valence-electron chi connectivity index (χ3n) is 3.18. The highest BCUT2D eigenvalue weighted by molar-refractivity contribution is 8.00. The first-order valence-corrected chi connectivity index (χ1v) is 7.33. The molecule has 0 atom stereocenters. The predicted octanol–water partition coefficient (Wildman–Crippen LogP) is 2.46. The number of methoxy groups -OCH3 is 1. The Morgan fingerprint density at radius 3 is 2.75 bits per heavy atom. The van der Waals surface area contributed by atoms with Crippen molar-refractivity contribution in [2.75, 3.05) is 30.9 Å². The van der Waals surface area contributed by atoms with Crippen LogP contribution in [0.5, 0.6) is 0 Å². The summed E-state index contributed by atoms with van der Waals surface area (Å²) in [5.74, 6) is -0.326. The van der Waals surface area contributed by atoms with E-state index < -0.39 is 10.9 Å². The van der Waals surface area contributed by atoms with Crippen LogP contribution >= 0.6 is 11.8 Å². The van der Waals surface area contributed by atoms with E-state index in [0.29, 0.717) is 4.90 Å². The van der Waals surface area contributed by atoms with Gasteiger partial charge >= 0.3 is 5.97 Å². The van der Waals surface area contributed by atoms with Gasteiger partial charge < -0.3 is 9.64 Å². The van der Waals surface area contributed by atoms with E-state index in [2.05, 4.69) is 9.64 Å². The number of anilines is 1. The van der Waals surface area contributed by atoms with Crippen LogP contribution in [-0.2, 0) is 9.53 Å². The number of rotatable bonds is 5. The van der Waals surface area contributed by atoms with E-state index in [9.17, 15) is 14.9 Å². The first-order valence-electron chi connectivity index (χ1n) is 6.35. The van der Waals surface area contributed by atoms with Crippen LogP contribution < -0.4 is 4.90 Å². The maximum Gasteiger partial charge on any atom is 0.315 e. The molecule has 1 aromatic rings. The van der Waals surface area contributed by atoms with Gasteiger partial charge in [-0.3, -0.25) is 14.9 Å². The molecule has 1 aliphatic heterocycles. The van der Waals surface area contributed by atoms with Gasteiger partial charge in [-0.2, -0.15) is 0 Å². The van der Waals surface area contributed by atoms with Gasteiger partial charge in [0, 0.05) is 24.8 Å². The van der Waals surface area contributed by atoms with Crippen LogP contribution in [0.3, 0.4) is 0 Å². The number of hydrogen-bond acceptors (Lipinski definition) is 6. The molecule has 0 bridgehead atoms. The second kappa shape index (κ2) is 6.60. The molecule has 0 aliphatic carbocycles. The lowest BCUT2D eigenvalue weighted by atomic mass is 10.2. The first kappa shape index (κ1) is 14.6. The summed E-state index contributed by atoms with van der Waals surface area (Å²) >= 11 is 1.12. The number of hydrogen-bond donors (Lipinski definition) is 0. The number of nitro benzene ring substituents is 1. The highest BCUT2D eigenvalue weighted by Crippen LogP contribution is 2.33. The number of nitrogens with zero attached hydrogens (tertiary/aromatic N) is 2. The number of nitro groups is 1. The zero-order valence-electron chi connectivity index (χ0n) is 11.2. The summed E-state index contributed by atoms with van der Waals surface area (Å²) in [7, 11) is 1.30. The smallest absolute Gasteiger partial charge is 0.315 e. The average molecular weight is 296 g/mol. The van der Waals surface area contributed by atoms with E-state index in [1.807, 2.05) is 6.07 Å². The molecule has 0 aromatic heterocycles. The highest BCUT2D eigenvalue weighted by Gasteiger charge is 2.20. The molecule has 2 rings (SSSR count). The van der Waals surface area contributed by atoms with Crippen LogP contribution in [0.2, 0.25) is 0 Å². The van der Waals surface area contributed by atoms with E-state index >= 15 is 0 Å². The van der Waals surface area contributed by atoms with Crippen molar-refractivity contribution in [2.45, 2.75) is 17.7 Å². The van der Waals surface area contributed by atoms with E-state index in [-0.39, 0.29) is 11.4 Å². The van der Waals surface area contributed by atoms with Crippen molar-refractivity contribution in [3.63, 3.8) is 0 Å². The molecule has 0 unspecified atom stereocenters. The largest absolute Gasteiger partial charge is 0.468 e. The lowest BCUT2D eigenvalue weighted by molar-refractivity contribution is -0.387. The second-order valence-corrected chi connectivity index (χ2v) is 5.49. The molecule has 108 valence electrons. The average Bonchev–Trinajstić information content (AvgIpc) is 2.98. The number of ether oxygens (including phenoxy) is 1. The molecule has 1 fully saturated rings. The van der Waals surface area contributed by atoms with E-state index in [1.165, 1.54) is 7.11 Å². The first-order chi connectivity index (χ1) is 9.61.